The lowest BCUT2D eigenvalue weighted by Gasteiger charge is -2.16. The molecule has 0 aromatic carbocycles. The molecule has 1 atom stereocenters. The average molecular weight is 457 g/mol. The molecule has 0 amide bonds. The van der Waals surface area contributed by atoms with Gasteiger partial charge in [-0.3, -0.25) is 4.52 Å². The minimum atomic E-state index is -4.34. The summed E-state index contributed by atoms with van der Waals surface area (Å²) in [4.78, 5) is 17.6. The van der Waals surface area contributed by atoms with E-state index in [9.17, 15) is 4.57 Å². The molecule has 0 saturated carbocycles. The molecular weight excluding hydrogens is 411 g/mol. The van der Waals surface area contributed by atoms with Crippen molar-refractivity contribution in [2.24, 2.45) is 5.92 Å². The van der Waals surface area contributed by atoms with E-state index < -0.39 is 7.82 Å². The zero-order valence-corrected chi connectivity index (χ0v) is 20.8. The highest BCUT2D eigenvalue weighted by Crippen LogP contribution is 2.36. The highest BCUT2D eigenvalue weighted by atomic mass is 32.2. The van der Waals surface area contributed by atoms with Gasteiger partial charge in [-0.05, 0) is 29.9 Å². The van der Waals surface area contributed by atoms with Gasteiger partial charge < -0.3 is 9.79 Å². The molecule has 0 aliphatic heterocycles. The lowest BCUT2D eigenvalue weighted by molar-refractivity contribution is 0.179. The second-order valence-electron chi connectivity index (χ2n) is 7.78. The summed E-state index contributed by atoms with van der Waals surface area (Å²) in [6.45, 7) is 2.42. The van der Waals surface area contributed by atoms with E-state index in [4.69, 9.17) is 9.79 Å². The van der Waals surface area contributed by atoms with Crippen molar-refractivity contribution in [1.82, 2.24) is 0 Å². The summed E-state index contributed by atoms with van der Waals surface area (Å²) in [7, 11) is -4.34. The van der Waals surface area contributed by atoms with Crippen molar-refractivity contribution in [2.75, 3.05) is 30.1 Å². The molecule has 0 heterocycles. The average Bonchev–Trinajstić information content (AvgIpc) is 2.65. The summed E-state index contributed by atoms with van der Waals surface area (Å²) in [5, 5.41) is 0. The smallest absolute Gasteiger partial charge is 0.303 e. The molecule has 170 valence electrons. The molecule has 0 aromatic heterocycles. The Labute approximate surface area is 183 Å². The zero-order valence-electron chi connectivity index (χ0n) is 18.3. The van der Waals surface area contributed by atoms with Gasteiger partial charge >= 0.3 is 7.82 Å². The van der Waals surface area contributed by atoms with Crippen LogP contribution >= 0.6 is 31.3 Å². The topological polar surface area (TPSA) is 66.8 Å². The number of thioether (sulfide) groups is 2. The van der Waals surface area contributed by atoms with Crippen molar-refractivity contribution in [2.45, 2.75) is 96.8 Å². The molecule has 1 unspecified atom stereocenters. The molecule has 0 fully saturated rings. The first kappa shape index (κ1) is 28.8. The second kappa shape index (κ2) is 21.1. The largest absolute Gasteiger partial charge is 0.469 e. The van der Waals surface area contributed by atoms with Gasteiger partial charge in [0, 0.05) is 5.92 Å². The minimum absolute atomic E-state index is 0.150. The Morgan fingerprint density at radius 3 is 1.68 bits per heavy atom. The van der Waals surface area contributed by atoms with E-state index in [1.165, 1.54) is 89.9 Å². The first-order valence-corrected chi connectivity index (χ1v) is 15.3. The number of hydrogen-bond acceptors (Lipinski definition) is 4. The summed E-state index contributed by atoms with van der Waals surface area (Å²) in [5.41, 5.74) is 0. The van der Waals surface area contributed by atoms with Crippen LogP contribution in [0.4, 0.5) is 0 Å². The molecule has 0 aliphatic rings. The van der Waals surface area contributed by atoms with Crippen LogP contribution in [-0.2, 0) is 9.09 Å². The van der Waals surface area contributed by atoms with Crippen LogP contribution in [0.2, 0.25) is 0 Å². The van der Waals surface area contributed by atoms with Crippen molar-refractivity contribution in [3.8, 4) is 0 Å². The Kier molecular flexibility index (Phi) is 21.7. The van der Waals surface area contributed by atoms with Crippen molar-refractivity contribution < 1.29 is 18.9 Å². The third-order valence-corrected chi connectivity index (χ3v) is 7.45. The molecule has 0 bridgehead atoms. The predicted molar refractivity (Wildman–Crippen MR) is 128 cm³/mol. The molecule has 0 radical (unpaired) electrons. The van der Waals surface area contributed by atoms with Crippen LogP contribution in [0.25, 0.3) is 0 Å². The molecule has 0 saturated heterocycles. The summed E-state index contributed by atoms with van der Waals surface area (Å²) in [6.07, 6.45) is 21.4. The maximum atomic E-state index is 10.8. The van der Waals surface area contributed by atoms with Gasteiger partial charge in [0.1, 0.15) is 0 Å². The van der Waals surface area contributed by atoms with Gasteiger partial charge in [-0.2, -0.15) is 23.5 Å². The first-order chi connectivity index (χ1) is 13.5. The standard InChI is InChI=1S/C21H45O4PS2/c1-3-4-5-6-7-8-9-10-11-12-13-14-15-16-17-28-20-21(19-27-2)18-25-26(22,23)24/h21H,3-20H2,1-2H3,(H2,22,23,24). The fourth-order valence-electron chi connectivity index (χ4n) is 3.23. The van der Waals surface area contributed by atoms with Crippen LogP contribution in [-0.4, -0.2) is 39.9 Å². The van der Waals surface area contributed by atoms with Crippen molar-refractivity contribution >= 4 is 31.3 Å². The SMILES string of the molecule is CCCCCCCCCCCCCCCCSCC(COP(=O)(O)O)CSC. The molecular formula is C21H45O4PS2. The van der Waals surface area contributed by atoms with E-state index in [0.29, 0.717) is 0 Å². The van der Waals surface area contributed by atoms with E-state index in [0.717, 1.165) is 17.3 Å². The lowest BCUT2D eigenvalue weighted by Crippen LogP contribution is -2.14. The van der Waals surface area contributed by atoms with E-state index >= 15 is 0 Å². The van der Waals surface area contributed by atoms with Crippen LogP contribution in [0.3, 0.4) is 0 Å². The second-order valence-corrected chi connectivity index (χ2v) is 11.1. The number of phosphoric acid groups is 1. The lowest BCUT2D eigenvalue weighted by atomic mass is 10.0. The Balaban J connectivity index is 3.34. The third-order valence-electron chi connectivity index (χ3n) is 4.88. The van der Waals surface area contributed by atoms with Gasteiger partial charge in [-0.15, -0.1) is 0 Å². The van der Waals surface area contributed by atoms with Crippen molar-refractivity contribution in [3.05, 3.63) is 0 Å². The molecule has 0 aromatic rings. The fraction of sp³-hybridized carbons (Fsp3) is 1.00. The summed E-state index contributed by atoms with van der Waals surface area (Å²) >= 11 is 3.59. The summed E-state index contributed by atoms with van der Waals surface area (Å²) in [6, 6.07) is 0. The first-order valence-electron chi connectivity index (χ1n) is 11.3. The van der Waals surface area contributed by atoms with Gasteiger partial charge in [0.2, 0.25) is 0 Å². The maximum absolute atomic E-state index is 10.8. The molecule has 0 spiro atoms. The molecule has 0 rings (SSSR count). The van der Waals surface area contributed by atoms with Crippen LogP contribution in [0, 0.1) is 5.92 Å². The Hall–Kier alpha value is 0.810. The van der Waals surface area contributed by atoms with Gasteiger partial charge in [0.15, 0.2) is 0 Å². The highest BCUT2D eigenvalue weighted by molar-refractivity contribution is 7.99. The molecule has 28 heavy (non-hydrogen) atoms. The Morgan fingerprint density at radius 1 is 0.786 bits per heavy atom. The normalized spacial score (nSPS) is 13.1. The minimum Gasteiger partial charge on any atom is -0.303 e. The molecule has 4 nitrogen and oxygen atoms in total. The van der Waals surface area contributed by atoms with E-state index in [1.54, 1.807) is 11.8 Å². The van der Waals surface area contributed by atoms with Crippen LogP contribution in [0.1, 0.15) is 96.8 Å². The molecule has 2 N–H and O–H groups in total. The van der Waals surface area contributed by atoms with Gasteiger partial charge in [0.05, 0.1) is 6.61 Å². The quantitative estimate of drug-likeness (QED) is 0.132. The Morgan fingerprint density at radius 2 is 1.25 bits per heavy atom. The summed E-state index contributed by atoms with van der Waals surface area (Å²) in [5.74, 6) is 3.14. The Bertz CT molecular complexity index is 366. The highest BCUT2D eigenvalue weighted by Gasteiger charge is 2.18. The molecule has 0 aliphatic carbocycles. The zero-order chi connectivity index (χ0) is 20.9. The number of hydrogen-bond donors (Lipinski definition) is 2. The van der Waals surface area contributed by atoms with Gasteiger partial charge in [-0.25, -0.2) is 4.57 Å². The van der Waals surface area contributed by atoms with Crippen molar-refractivity contribution in [3.63, 3.8) is 0 Å². The molecule has 7 heteroatoms. The number of rotatable bonds is 22. The van der Waals surface area contributed by atoms with Crippen LogP contribution < -0.4 is 0 Å². The number of unbranched alkanes of at least 4 members (excludes halogenated alkanes) is 13. The predicted octanol–water partition coefficient (Wildman–Crippen LogP) is 7.29. The number of phosphoric ester groups is 1. The van der Waals surface area contributed by atoms with E-state index in [2.05, 4.69) is 11.4 Å². The van der Waals surface area contributed by atoms with Crippen molar-refractivity contribution in [1.29, 1.82) is 0 Å². The van der Waals surface area contributed by atoms with E-state index in [1.807, 2.05) is 18.0 Å². The van der Waals surface area contributed by atoms with E-state index in [-0.39, 0.29) is 12.5 Å². The monoisotopic (exact) mass is 456 g/mol. The summed E-state index contributed by atoms with van der Waals surface area (Å²) < 4.78 is 15.5. The van der Waals surface area contributed by atoms with Crippen LogP contribution in [0.5, 0.6) is 0 Å². The third kappa shape index (κ3) is 23.1. The van der Waals surface area contributed by atoms with Gasteiger partial charge in [0.25, 0.3) is 0 Å². The van der Waals surface area contributed by atoms with Crippen LogP contribution in [0.15, 0.2) is 0 Å². The van der Waals surface area contributed by atoms with Gasteiger partial charge in [-0.1, -0.05) is 90.4 Å². The fourth-order valence-corrected chi connectivity index (χ4v) is 5.59. The maximum Gasteiger partial charge on any atom is 0.469 e.